The van der Waals surface area contributed by atoms with Crippen molar-refractivity contribution in [1.82, 2.24) is 4.90 Å². The van der Waals surface area contributed by atoms with Crippen LogP contribution in [0.3, 0.4) is 0 Å². The lowest BCUT2D eigenvalue weighted by atomic mass is 10.1. The predicted molar refractivity (Wildman–Crippen MR) is 127 cm³/mol. The molecule has 0 bridgehead atoms. The van der Waals surface area contributed by atoms with Crippen LogP contribution in [0.5, 0.6) is 0 Å². The summed E-state index contributed by atoms with van der Waals surface area (Å²) in [6, 6.07) is 11.2. The first-order valence-corrected chi connectivity index (χ1v) is 10.9. The zero-order chi connectivity index (χ0) is 23.8. The Labute approximate surface area is 192 Å². The third-order valence-electron chi connectivity index (χ3n) is 5.43. The lowest BCUT2D eigenvalue weighted by Gasteiger charge is -2.36. The molecule has 1 saturated heterocycles. The molecule has 0 unspecified atom stereocenters. The Kier molecular flexibility index (Phi) is 8.15. The molecule has 0 aliphatic carbocycles. The number of benzene rings is 2. The van der Waals surface area contributed by atoms with E-state index >= 15 is 0 Å². The van der Waals surface area contributed by atoms with Crippen LogP contribution in [0.1, 0.15) is 29.8 Å². The zero-order valence-corrected chi connectivity index (χ0v) is 18.8. The fourth-order valence-electron chi connectivity index (χ4n) is 3.65. The number of hydrogen-bond donors (Lipinski definition) is 1. The smallest absolute Gasteiger partial charge is 0.338 e. The topological polar surface area (TPSA) is 105 Å². The number of non-ortho nitro benzene ring substituents is 1. The van der Waals surface area contributed by atoms with Crippen molar-refractivity contribution in [2.45, 2.75) is 13.8 Å². The number of carbonyl (C=O) groups is 2. The second-order valence-corrected chi connectivity index (χ2v) is 7.55. The SMILES string of the molecule is CCOC(=O)c1ccc(N2CCN(CC)CC2)c(NC(=O)C=Cc2cccc([N+](=O)[O-])c2)c1. The van der Waals surface area contributed by atoms with E-state index in [0.29, 0.717) is 16.8 Å². The molecule has 9 nitrogen and oxygen atoms in total. The average molecular weight is 453 g/mol. The van der Waals surface area contributed by atoms with Gasteiger partial charge in [0.2, 0.25) is 5.91 Å². The van der Waals surface area contributed by atoms with E-state index in [1.165, 1.54) is 24.3 Å². The van der Waals surface area contributed by atoms with Crippen LogP contribution in [0.25, 0.3) is 6.08 Å². The summed E-state index contributed by atoms with van der Waals surface area (Å²) in [6.07, 6.45) is 2.83. The normalized spacial score (nSPS) is 14.3. The molecule has 1 aliphatic rings. The zero-order valence-electron chi connectivity index (χ0n) is 18.8. The summed E-state index contributed by atoms with van der Waals surface area (Å²) < 4.78 is 5.10. The molecule has 1 aliphatic heterocycles. The van der Waals surface area contributed by atoms with Gasteiger partial charge in [0.25, 0.3) is 5.69 Å². The minimum absolute atomic E-state index is 0.0480. The van der Waals surface area contributed by atoms with Gasteiger partial charge in [-0.15, -0.1) is 0 Å². The molecule has 0 aromatic heterocycles. The summed E-state index contributed by atoms with van der Waals surface area (Å²) in [5, 5.41) is 13.8. The fraction of sp³-hybridized carbons (Fsp3) is 0.333. The maximum Gasteiger partial charge on any atom is 0.338 e. The third-order valence-corrected chi connectivity index (χ3v) is 5.43. The maximum absolute atomic E-state index is 12.7. The number of rotatable bonds is 8. The predicted octanol–water partition coefficient (Wildman–Crippen LogP) is 3.57. The Hall–Kier alpha value is -3.72. The van der Waals surface area contributed by atoms with Gasteiger partial charge in [-0.2, -0.15) is 0 Å². The molecule has 1 amide bonds. The van der Waals surface area contributed by atoms with Gasteiger partial charge in [0.05, 0.1) is 28.5 Å². The van der Waals surface area contributed by atoms with E-state index in [1.54, 1.807) is 31.2 Å². The molecule has 2 aromatic carbocycles. The molecule has 1 fully saturated rings. The van der Waals surface area contributed by atoms with E-state index in [4.69, 9.17) is 4.74 Å². The molecule has 3 rings (SSSR count). The highest BCUT2D eigenvalue weighted by Gasteiger charge is 2.20. The molecule has 174 valence electrons. The van der Waals surface area contributed by atoms with E-state index in [0.717, 1.165) is 38.4 Å². The van der Waals surface area contributed by atoms with E-state index in [1.807, 2.05) is 6.07 Å². The van der Waals surface area contributed by atoms with Gasteiger partial charge in [0.15, 0.2) is 0 Å². The second-order valence-electron chi connectivity index (χ2n) is 7.55. The van der Waals surface area contributed by atoms with Gasteiger partial charge in [-0.3, -0.25) is 14.9 Å². The number of nitrogens with zero attached hydrogens (tertiary/aromatic N) is 3. The van der Waals surface area contributed by atoms with Crippen LogP contribution in [-0.2, 0) is 9.53 Å². The van der Waals surface area contributed by atoms with Gasteiger partial charge >= 0.3 is 5.97 Å². The lowest BCUT2D eigenvalue weighted by Crippen LogP contribution is -2.46. The van der Waals surface area contributed by atoms with Crippen molar-refractivity contribution in [3.8, 4) is 0 Å². The Morgan fingerprint density at radius 1 is 1.12 bits per heavy atom. The number of hydrogen-bond acceptors (Lipinski definition) is 7. The van der Waals surface area contributed by atoms with Crippen molar-refractivity contribution in [3.63, 3.8) is 0 Å². The summed E-state index contributed by atoms with van der Waals surface area (Å²) in [5.41, 5.74) is 2.18. The number of carbonyl (C=O) groups excluding carboxylic acids is 2. The number of amides is 1. The molecule has 0 radical (unpaired) electrons. The van der Waals surface area contributed by atoms with E-state index in [9.17, 15) is 19.7 Å². The first-order valence-electron chi connectivity index (χ1n) is 10.9. The van der Waals surface area contributed by atoms with Crippen molar-refractivity contribution in [2.75, 3.05) is 49.5 Å². The number of nitrogens with one attached hydrogen (secondary N) is 1. The number of ether oxygens (including phenoxy) is 1. The lowest BCUT2D eigenvalue weighted by molar-refractivity contribution is -0.384. The second kappa shape index (κ2) is 11.2. The van der Waals surface area contributed by atoms with Crippen LogP contribution in [0.4, 0.5) is 17.1 Å². The third kappa shape index (κ3) is 6.39. The van der Waals surface area contributed by atoms with E-state index in [2.05, 4.69) is 22.0 Å². The summed E-state index contributed by atoms with van der Waals surface area (Å²) in [7, 11) is 0. The minimum atomic E-state index is -0.483. The van der Waals surface area contributed by atoms with E-state index < -0.39 is 16.8 Å². The minimum Gasteiger partial charge on any atom is -0.462 e. The van der Waals surface area contributed by atoms with Crippen LogP contribution in [-0.4, -0.2) is 61.0 Å². The molecule has 0 atom stereocenters. The van der Waals surface area contributed by atoms with Gasteiger partial charge in [-0.05, 0) is 43.3 Å². The average Bonchev–Trinajstić information content (AvgIpc) is 2.83. The van der Waals surface area contributed by atoms with Gasteiger partial charge in [0.1, 0.15) is 0 Å². The number of likely N-dealkylation sites (N-methyl/N-ethyl adjacent to an activating group) is 1. The van der Waals surface area contributed by atoms with Crippen molar-refractivity contribution >= 4 is 35.0 Å². The molecule has 9 heteroatoms. The number of esters is 1. The molecular formula is C24H28N4O5. The van der Waals surface area contributed by atoms with Crippen molar-refractivity contribution in [2.24, 2.45) is 0 Å². The quantitative estimate of drug-likeness (QED) is 0.283. The standard InChI is InChI=1S/C24H28N4O5/c1-3-26-12-14-27(15-13-26)22-10-9-19(24(30)33-4-2)17-21(22)25-23(29)11-8-18-6-5-7-20(16-18)28(31)32/h5-11,16-17H,3-4,12-15H2,1-2H3,(H,25,29). The highest BCUT2D eigenvalue weighted by atomic mass is 16.6. The molecule has 2 aromatic rings. The molecule has 1 N–H and O–H groups in total. The summed E-state index contributed by atoms with van der Waals surface area (Å²) in [6.45, 7) is 8.54. The Morgan fingerprint density at radius 3 is 2.55 bits per heavy atom. The van der Waals surface area contributed by atoms with Crippen molar-refractivity contribution in [1.29, 1.82) is 0 Å². The number of nitro benzene ring substituents is 1. The molecule has 0 saturated carbocycles. The molecule has 0 spiro atoms. The van der Waals surface area contributed by atoms with Crippen molar-refractivity contribution in [3.05, 3.63) is 69.8 Å². The van der Waals surface area contributed by atoms with E-state index in [-0.39, 0.29) is 12.3 Å². The Bertz CT molecular complexity index is 1040. The number of nitro groups is 1. The fourth-order valence-corrected chi connectivity index (χ4v) is 3.65. The highest BCUT2D eigenvalue weighted by Crippen LogP contribution is 2.29. The largest absolute Gasteiger partial charge is 0.462 e. The number of piperazine rings is 1. The van der Waals surface area contributed by atoms with Crippen LogP contribution >= 0.6 is 0 Å². The first kappa shape index (κ1) is 23.9. The van der Waals surface area contributed by atoms with Gasteiger partial charge in [-0.25, -0.2) is 4.79 Å². The Balaban J connectivity index is 1.81. The molecule has 1 heterocycles. The molecular weight excluding hydrogens is 424 g/mol. The first-order chi connectivity index (χ1) is 15.9. The van der Waals surface area contributed by atoms with Gasteiger partial charge < -0.3 is 19.9 Å². The van der Waals surface area contributed by atoms with Crippen LogP contribution < -0.4 is 10.2 Å². The van der Waals surface area contributed by atoms with Crippen LogP contribution in [0.2, 0.25) is 0 Å². The summed E-state index contributed by atoms with van der Waals surface area (Å²) in [5.74, 6) is -0.863. The molecule has 33 heavy (non-hydrogen) atoms. The van der Waals surface area contributed by atoms with Gasteiger partial charge in [-0.1, -0.05) is 19.1 Å². The van der Waals surface area contributed by atoms with Gasteiger partial charge in [0, 0.05) is 44.4 Å². The van der Waals surface area contributed by atoms with Crippen LogP contribution in [0, 0.1) is 10.1 Å². The highest BCUT2D eigenvalue weighted by molar-refractivity contribution is 6.05. The summed E-state index contributed by atoms with van der Waals surface area (Å²) in [4.78, 5) is 39.9. The monoisotopic (exact) mass is 452 g/mol. The van der Waals surface area contributed by atoms with Crippen molar-refractivity contribution < 1.29 is 19.2 Å². The maximum atomic E-state index is 12.7. The number of anilines is 2. The van der Waals surface area contributed by atoms with Crippen LogP contribution in [0.15, 0.2) is 48.5 Å². The Morgan fingerprint density at radius 2 is 1.88 bits per heavy atom. The summed E-state index contributed by atoms with van der Waals surface area (Å²) >= 11 is 0.